The molecule has 0 radical (unpaired) electrons. The van der Waals surface area contributed by atoms with E-state index in [4.69, 9.17) is 22.3 Å². The van der Waals surface area contributed by atoms with Crippen LogP contribution in [0.2, 0.25) is 0 Å². The molecule has 150 valence electrons. The van der Waals surface area contributed by atoms with Crippen LogP contribution in [0, 0.1) is 0 Å². The summed E-state index contributed by atoms with van der Waals surface area (Å²) in [6, 6.07) is 14.1. The maximum absolute atomic E-state index is 11.5. The second-order valence-corrected chi connectivity index (χ2v) is 8.53. The Balaban J connectivity index is 0.000000465. The summed E-state index contributed by atoms with van der Waals surface area (Å²) in [5.74, 6) is 0. The number of thiophene rings is 1. The minimum absolute atomic E-state index is 0.730. The van der Waals surface area contributed by atoms with E-state index in [1.54, 1.807) is 11.3 Å². The monoisotopic (exact) mass is 414 g/mol. The van der Waals surface area contributed by atoms with Gasteiger partial charge in [0.15, 0.2) is 0 Å². The summed E-state index contributed by atoms with van der Waals surface area (Å²) in [7, 11) is -2.90. The van der Waals surface area contributed by atoms with Gasteiger partial charge in [-0.2, -0.15) is 0 Å². The van der Waals surface area contributed by atoms with Gasteiger partial charge < -0.3 is 23.4 Å². The fourth-order valence-corrected chi connectivity index (χ4v) is 3.95. The molecule has 1 aromatic carbocycles. The molecule has 0 amide bonds. The van der Waals surface area contributed by atoms with Crippen molar-refractivity contribution in [2.24, 2.45) is 0 Å². The van der Waals surface area contributed by atoms with Crippen molar-refractivity contribution in [1.82, 2.24) is 0 Å². The van der Waals surface area contributed by atoms with Crippen LogP contribution in [0.1, 0.15) is 16.9 Å². The van der Waals surface area contributed by atoms with Crippen molar-refractivity contribution < 1.29 is 31.8 Å². The van der Waals surface area contributed by atoms with Crippen molar-refractivity contribution >= 4 is 21.7 Å². The molecule has 9 heteroatoms. The Hall–Kier alpha value is -1.33. The number of likely N-dealkylation sites (N-methyl/N-ethyl adjacent to an activating group) is 1. The van der Waals surface area contributed by atoms with Gasteiger partial charge >= 0.3 is 0 Å². The van der Waals surface area contributed by atoms with E-state index in [0.717, 1.165) is 54.2 Å². The van der Waals surface area contributed by atoms with Gasteiger partial charge in [0.25, 0.3) is 0 Å². The van der Waals surface area contributed by atoms with Crippen molar-refractivity contribution in [3.8, 4) is 0 Å². The molecular weight excluding hydrogens is 390 g/mol. The van der Waals surface area contributed by atoms with Gasteiger partial charge in [0, 0.05) is 21.7 Å². The van der Waals surface area contributed by atoms with Crippen LogP contribution in [0.15, 0.2) is 47.8 Å². The van der Waals surface area contributed by atoms with E-state index in [0.29, 0.717) is 0 Å². The number of morpholine rings is 1. The minimum Gasteiger partial charge on any atom is -0.759 e. The SMILES string of the molecule is C[N+]1(CCC(O)(c2ccccc2)c2cccs2)CCOCC1.O=S(=O)([O-])[O-]. The van der Waals surface area contributed by atoms with Gasteiger partial charge in [-0.05, 0) is 17.0 Å². The third-order valence-electron chi connectivity index (χ3n) is 4.74. The highest BCUT2D eigenvalue weighted by Gasteiger charge is 2.36. The zero-order chi connectivity index (χ0) is 20.0. The van der Waals surface area contributed by atoms with Crippen molar-refractivity contribution in [2.75, 3.05) is 39.9 Å². The zero-order valence-corrected chi connectivity index (χ0v) is 16.7. The lowest BCUT2D eigenvalue weighted by atomic mass is 9.88. The van der Waals surface area contributed by atoms with E-state index in [9.17, 15) is 5.11 Å². The number of nitrogens with zero attached hydrogens (tertiary/aromatic N) is 1. The smallest absolute Gasteiger partial charge is 0.129 e. The van der Waals surface area contributed by atoms with Crippen LogP contribution in [0.25, 0.3) is 0 Å². The topological polar surface area (TPSA) is 110 Å². The number of hydrogen-bond acceptors (Lipinski definition) is 7. The summed E-state index contributed by atoms with van der Waals surface area (Å²) in [5.41, 5.74) is 0.0898. The summed E-state index contributed by atoms with van der Waals surface area (Å²) >= 11 is 1.63. The third-order valence-corrected chi connectivity index (χ3v) is 5.77. The second kappa shape index (κ2) is 9.24. The van der Waals surface area contributed by atoms with Crippen molar-refractivity contribution in [3.63, 3.8) is 0 Å². The lowest BCUT2D eigenvalue weighted by Crippen LogP contribution is -2.53. The summed E-state index contributed by atoms with van der Waals surface area (Å²) < 4.78 is 40.5. The molecule has 2 aromatic rings. The second-order valence-electron chi connectivity index (χ2n) is 6.76. The first-order chi connectivity index (χ1) is 12.6. The molecule has 27 heavy (non-hydrogen) atoms. The fraction of sp³-hybridized carbons (Fsp3) is 0.444. The molecule has 1 aromatic heterocycles. The maximum atomic E-state index is 11.5. The fourth-order valence-electron chi connectivity index (χ4n) is 3.08. The largest absolute Gasteiger partial charge is 0.759 e. The Bertz CT molecular complexity index is 781. The predicted molar refractivity (Wildman–Crippen MR) is 100 cm³/mol. The third kappa shape index (κ3) is 6.96. The molecule has 7 nitrogen and oxygen atoms in total. The van der Waals surface area contributed by atoms with E-state index < -0.39 is 16.0 Å². The average molecular weight is 415 g/mol. The van der Waals surface area contributed by atoms with Crippen LogP contribution in [0.5, 0.6) is 0 Å². The standard InChI is InChI=1S/C18H24NO2S.H2O4S/c1-19(11-13-21-14-12-19)10-9-18(20,17-8-5-15-22-17)16-6-3-2-4-7-16;1-5(2,3)4/h2-8,15,20H,9-14H2,1H3;(H2,1,2,3,4)/q+1;/p-2. The quantitative estimate of drug-likeness (QED) is 0.451. The highest BCUT2D eigenvalue weighted by atomic mass is 32.3. The number of quaternary nitrogens is 1. The predicted octanol–water partition coefficient (Wildman–Crippen LogP) is 1.51. The van der Waals surface area contributed by atoms with Crippen LogP contribution in [-0.2, 0) is 20.7 Å². The van der Waals surface area contributed by atoms with E-state index in [-0.39, 0.29) is 0 Å². The summed E-state index contributed by atoms with van der Waals surface area (Å²) in [6.45, 7) is 4.63. The molecule has 0 spiro atoms. The van der Waals surface area contributed by atoms with Gasteiger partial charge in [0.2, 0.25) is 0 Å². The summed E-state index contributed by atoms with van der Waals surface area (Å²) in [4.78, 5) is 1.03. The van der Waals surface area contributed by atoms with Crippen LogP contribution in [0.4, 0.5) is 0 Å². The molecule has 1 saturated heterocycles. The Kier molecular flexibility index (Phi) is 7.52. The number of rotatable bonds is 5. The highest BCUT2D eigenvalue weighted by molar-refractivity contribution is 7.79. The van der Waals surface area contributed by atoms with Gasteiger partial charge in [-0.15, -0.1) is 11.3 Å². The molecule has 1 atom stereocenters. The molecule has 3 rings (SSSR count). The Morgan fingerprint density at radius 1 is 1.15 bits per heavy atom. The average Bonchev–Trinajstić information content (AvgIpc) is 3.15. The lowest BCUT2D eigenvalue weighted by Gasteiger charge is -2.40. The van der Waals surface area contributed by atoms with Gasteiger partial charge in [-0.3, -0.25) is 8.42 Å². The molecule has 1 aliphatic rings. The van der Waals surface area contributed by atoms with Crippen molar-refractivity contribution in [1.29, 1.82) is 0 Å². The first kappa shape index (κ1) is 22.0. The van der Waals surface area contributed by atoms with Crippen LogP contribution >= 0.6 is 11.3 Å². The van der Waals surface area contributed by atoms with E-state index >= 15 is 0 Å². The molecule has 1 N–H and O–H groups in total. The highest BCUT2D eigenvalue weighted by Crippen LogP contribution is 2.36. The Morgan fingerprint density at radius 3 is 2.26 bits per heavy atom. The number of hydrogen-bond donors (Lipinski definition) is 1. The van der Waals surface area contributed by atoms with E-state index in [1.807, 2.05) is 47.8 Å². The van der Waals surface area contributed by atoms with Gasteiger partial charge in [-0.25, -0.2) is 0 Å². The Morgan fingerprint density at radius 2 is 1.74 bits per heavy atom. The maximum Gasteiger partial charge on any atom is 0.129 e. The van der Waals surface area contributed by atoms with Crippen molar-refractivity contribution in [3.05, 3.63) is 58.3 Å². The normalized spacial score (nSPS) is 18.8. The molecule has 0 aliphatic carbocycles. The molecule has 0 bridgehead atoms. The summed E-state index contributed by atoms with van der Waals surface area (Å²) in [6.07, 6.45) is 0.730. The molecule has 1 unspecified atom stereocenters. The first-order valence-corrected chi connectivity index (χ1v) is 10.7. The van der Waals surface area contributed by atoms with Crippen LogP contribution < -0.4 is 0 Å². The molecule has 1 fully saturated rings. The molecular formula is C18H24NO6S2-. The number of benzene rings is 1. The van der Waals surface area contributed by atoms with E-state index in [1.165, 1.54) is 0 Å². The van der Waals surface area contributed by atoms with Crippen LogP contribution in [0.3, 0.4) is 0 Å². The number of ether oxygens (including phenoxy) is 1. The minimum atomic E-state index is -5.17. The molecule has 2 heterocycles. The lowest BCUT2D eigenvalue weighted by molar-refractivity contribution is -0.917. The summed E-state index contributed by atoms with van der Waals surface area (Å²) in [5, 5.41) is 13.5. The van der Waals surface area contributed by atoms with Crippen LogP contribution in [-0.4, -0.2) is 67.0 Å². The van der Waals surface area contributed by atoms with E-state index in [2.05, 4.69) is 7.05 Å². The molecule has 1 aliphatic heterocycles. The number of aliphatic hydroxyl groups is 1. The van der Waals surface area contributed by atoms with Gasteiger partial charge in [-0.1, -0.05) is 36.4 Å². The Labute approximate surface area is 164 Å². The van der Waals surface area contributed by atoms with Gasteiger partial charge in [0.1, 0.15) is 18.7 Å². The first-order valence-electron chi connectivity index (χ1n) is 8.52. The molecule has 0 saturated carbocycles. The van der Waals surface area contributed by atoms with Gasteiger partial charge in [0.05, 0.1) is 26.8 Å². The zero-order valence-electron chi connectivity index (χ0n) is 15.1. The van der Waals surface area contributed by atoms with Crippen molar-refractivity contribution in [2.45, 2.75) is 12.0 Å².